The summed E-state index contributed by atoms with van der Waals surface area (Å²) in [7, 11) is 0. The van der Waals surface area contributed by atoms with Gasteiger partial charge in [0.25, 0.3) is 5.91 Å². The molecule has 1 fully saturated rings. The second-order valence-corrected chi connectivity index (χ2v) is 7.15. The van der Waals surface area contributed by atoms with Gasteiger partial charge in [-0.25, -0.2) is 4.98 Å². The number of carbonyl (C=O) groups is 1. The van der Waals surface area contributed by atoms with Crippen molar-refractivity contribution in [3.05, 3.63) is 65.5 Å². The molecule has 6 heteroatoms. The van der Waals surface area contributed by atoms with Crippen molar-refractivity contribution >= 4 is 5.91 Å². The van der Waals surface area contributed by atoms with E-state index >= 15 is 0 Å². The molecule has 1 amide bonds. The van der Waals surface area contributed by atoms with E-state index in [0.29, 0.717) is 5.92 Å². The van der Waals surface area contributed by atoms with Gasteiger partial charge in [0, 0.05) is 54.8 Å². The minimum atomic E-state index is 0.105. The highest BCUT2D eigenvalue weighted by Gasteiger charge is 2.31. The zero-order valence-corrected chi connectivity index (χ0v) is 14.6. The molecule has 0 unspecified atom stereocenters. The van der Waals surface area contributed by atoms with Crippen LogP contribution in [-0.2, 0) is 12.8 Å². The van der Waals surface area contributed by atoms with Crippen molar-refractivity contribution in [3.8, 4) is 5.69 Å². The van der Waals surface area contributed by atoms with Gasteiger partial charge in [-0.2, -0.15) is 5.10 Å². The molecule has 0 atom stereocenters. The van der Waals surface area contributed by atoms with Crippen LogP contribution in [0.25, 0.3) is 5.69 Å². The molecule has 0 spiro atoms. The number of hydrogen-bond acceptors (Lipinski definition) is 3. The Morgan fingerprint density at radius 3 is 2.65 bits per heavy atom. The van der Waals surface area contributed by atoms with Gasteiger partial charge in [0.1, 0.15) is 0 Å². The third-order valence-corrected chi connectivity index (χ3v) is 5.42. The average Bonchev–Trinajstić information content (AvgIpc) is 3.29. The first kappa shape index (κ1) is 15.4. The second kappa shape index (κ2) is 6.12. The van der Waals surface area contributed by atoms with Crippen LogP contribution < -0.4 is 0 Å². The molecular formula is C20H21N5O. The predicted molar refractivity (Wildman–Crippen MR) is 97.4 cm³/mol. The van der Waals surface area contributed by atoms with Crippen molar-refractivity contribution in [2.75, 3.05) is 13.1 Å². The van der Waals surface area contributed by atoms with E-state index in [4.69, 9.17) is 0 Å². The van der Waals surface area contributed by atoms with Crippen LogP contribution >= 0.6 is 0 Å². The van der Waals surface area contributed by atoms with Gasteiger partial charge in [-0.05, 0) is 49.1 Å². The second-order valence-electron chi connectivity index (χ2n) is 7.15. The highest BCUT2D eigenvalue weighted by Crippen LogP contribution is 2.41. The first-order chi connectivity index (χ1) is 12.8. The molecule has 2 aromatic heterocycles. The number of rotatable bonds is 3. The van der Waals surface area contributed by atoms with E-state index < -0.39 is 0 Å². The van der Waals surface area contributed by atoms with Gasteiger partial charge in [-0.3, -0.25) is 9.89 Å². The fraction of sp³-hybridized carbons (Fsp3) is 0.350. The van der Waals surface area contributed by atoms with E-state index in [-0.39, 0.29) is 5.91 Å². The maximum atomic E-state index is 12.9. The van der Waals surface area contributed by atoms with Gasteiger partial charge in [-0.15, -0.1) is 0 Å². The zero-order valence-electron chi connectivity index (χ0n) is 14.6. The van der Waals surface area contributed by atoms with E-state index in [2.05, 4.69) is 15.2 Å². The standard InChI is InChI=1S/C20H21N5O/c26-20(15-3-5-16(6-4-15)25-12-9-21-13-25)24-10-7-17-18(8-11-24)22-23-19(17)14-1-2-14/h3-6,9,12-14H,1-2,7-8,10-11H2,(H,22,23). The lowest BCUT2D eigenvalue weighted by atomic mass is 10.1. The highest BCUT2D eigenvalue weighted by molar-refractivity contribution is 5.94. The Balaban J connectivity index is 1.31. The van der Waals surface area contributed by atoms with Gasteiger partial charge in [0.15, 0.2) is 0 Å². The Hall–Kier alpha value is -2.89. The SMILES string of the molecule is O=C(c1ccc(-n2ccnc2)cc1)N1CCc2[nH]nc(C3CC3)c2CC1. The minimum Gasteiger partial charge on any atom is -0.338 e. The number of nitrogens with one attached hydrogen (secondary N) is 1. The summed E-state index contributed by atoms with van der Waals surface area (Å²) in [5.74, 6) is 0.751. The molecule has 6 nitrogen and oxygen atoms in total. The van der Waals surface area contributed by atoms with E-state index in [1.54, 1.807) is 12.5 Å². The quantitative estimate of drug-likeness (QED) is 0.792. The van der Waals surface area contributed by atoms with Crippen molar-refractivity contribution in [2.24, 2.45) is 0 Å². The Morgan fingerprint density at radius 2 is 1.92 bits per heavy atom. The summed E-state index contributed by atoms with van der Waals surface area (Å²) < 4.78 is 1.93. The molecule has 1 aliphatic carbocycles. The number of aromatic nitrogens is 4. The maximum Gasteiger partial charge on any atom is 0.253 e. The Morgan fingerprint density at radius 1 is 1.12 bits per heavy atom. The molecule has 3 heterocycles. The third kappa shape index (κ3) is 2.71. The van der Waals surface area contributed by atoms with Crippen LogP contribution in [-0.4, -0.2) is 43.6 Å². The fourth-order valence-corrected chi connectivity index (χ4v) is 3.78. The number of carbonyl (C=O) groups excluding carboxylic acids is 1. The molecule has 2 aliphatic rings. The number of imidazole rings is 1. The smallest absolute Gasteiger partial charge is 0.253 e. The molecule has 0 radical (unpaired) electrons. The number of H-pyrrole nitrogens is 1. The molecule has 0 bridgehead atoms. The molecule has 1 N–H and O–H groups in total. The summed E-state index contributed by atoms with van der Waals surface area (Å²) in [5.41, 5.74) is 5.57. The van der Waals surface area contributed by atoms with Gasteiger partial charge in [0.2, 0.25) is 0 Å². The van der Waals surface area contributed by atoms with Gasteiger partial charge < -0.3 is 9.47 Å². The van der Waals surface area contributed by atoms with Crippen molar-refractivity contribution in [3.63, 3.8) is 0 Å². The third-order valence-electron chi connectivity index (χ3n) is 5.42. The lowest BCUT2D eigenvalue weighted by Crippen LogP contribution is -2.33. The van der Waals surface area contributed by atoms with Crippen LogP contribution in [0.5, 0.6) is 0 Å². The Labute approximate surface area is 151 Å². The van der Waals surface area contributed by atoms with Crippen LogP contribution in [0.15, 0.2) is 43.0 Å². The first-order valence-corrected chi connectivity index (χ1v) is 9.23. The molecule has 1 saturated carbocycles. The summed E-state index contributed by atoms with van der Waals surface area (Å²) in [4.78, 5) is 19.0. The lowest BCUT2D eigenvalue weighted by Gasteiger charge is -2.20. The molecule has 3 aromatic rings. The summed E-state index contributed by atoms with van der Waals surface area (Å²) in [5, 5.41) is 7.74. The number of hydrogen-bond donors (Lipinski definition) is 1. The average molecular weight is 347 g/mol. The molecule has 5 rings (SSSR count). The lowest BCUT2D eigenvalue weighted by molar-refractivity contribution is 0.0762. The van der Waals surface area contributed by atoms with E-state index in [9.17, 15) is 4.79 Å². The summed E-state index contributed by atoms with van der Waals surface area (Å²) >= 11 is 0. The summed E-state index contributed by atoms with van der Waals surface area (Å²) in [6.45, 7) is 1.50. The van der Waals surface area contributed by atoms with Crippen LogP contribution in [0, 0.1) is 0 Å². The van der Waals surface area contributed by atoms with Crippen LogP contribution in [0.3, 0.4) is 0 Å². The van der Waals surface area contributed by atoms with Gasteiger partial charge in [0.05, 0.1) is 12.0 Å². The van der Waals surface area contributed by atoms with Crippen molar-refractivity contribution < 1.29 is 4.79 Å². The summed E-state index contributed by atoms with van der Waals surface area (Å²) in [6.07, 6.45) is 9.66. The number of fused-ring (bicyclic) bond motifs is 1. The van der Waals surface area contributed by atoms with Crippen molar-refractivity contribution in [1.29, 1.82) is 0 Å². The van der Waals surface area contributed by atoms with Crippen LogP contribution in [0.2, 0.25) is 0 Å². The van der Waals surface area contributed by atoms with E-state index in [1.165, 1.54) is 29.8 Å². The minimum absolute atomic E-state index is 0.105. The van der Waals surface area contributed by atoms with Crippen molar-refractivity contribution in [2.45, 2.75) is 31.6 Å². The molecular weight excluding hydrogens is 326 g/mol. The zero-order chi connectivity index (χ0) is 17.5. The molecule has 0 saturated heterocycles. The Bertz CT molecular complexity index is 922. The predicted octanol–water partition coefficient (Wildman–Crippen LogP) is 2.71. The highest BCUT2D eigenvalue weighted by atomic mass is 16.2. The first-order valence-electron chi connectivity index (χ1n) is 9.23. The number of amides is 1. The number of aromatic amines is 1. The monoisotopic (exact) mass is 347 g/mol. The fourth-order valence-electron chi connectivity index (χ4n) is 3.78. The Kier molecular flexibility index (Phi) is 3.62. The topological polar surface area (TPSA) is 66.8 Å². The van der Waals surface area contributed by atoms with E-state index in [0.717, 1.165) is 37.2 Å². The maximum absolute atomic E-state index is 12.9. The van der Waals surface area contributed by atoms with Crippen LogP contribution in [0.1, 0.15) is 46.1 Å². The molecule has 26 heavy (non-hydrogen) atoms. The summed E-state index contributed by atoms with van der Waals surface area (Å²) in [6, 6.07) is 7.73. The largest absolute Gasteiger partial charge is 0.338 e. The van der Waals surface area contributed by atoms with Crippen LogP contribution in [0.4, 0.5) is 0 Å². The number of benzene rings is 1. The molecule has 132 valence electrons. The molecule has 1 aliphatic heterocycles. The molecule has 1 aromatic carbocycles. The van der Waals surface area contributed by atoms with Gasteiger partial charge in [-0.1, -0.05) is 0 Å². The van der Waals surface area contributed by atoms with E-state index in [1.807, 2.05) is 39.9 Å². The normalized spacial score (nSPS) is 17.0. The number of nitrogens with zero attached hydrogens (tertiary/aromatic N) is 4. The van der Waals surface area contributed by atoms with Gasteiger partial charge >= 0.3 is 0 Å². The van der Waals surface area contributed by atoms with Crippen molar-refractivity contribution in [1.82, 2.24) is 24.6 Å².